The summed E-state index contributed by atoms with van der Waals surface area (Å²) in [6.07, 6.45) is 0. The van der Waals surface area contributed by atoms with Crippen LogP contribution in [0.3, 0.4) is 0 Å². The number of aryl methyl sites for hydroxylation is 1. The van der Waals surface area contributed by atoms with Gasteiger partial charge in [-0.2, -0.15) is 0 Å². The van der Waals surface area contributed by atoms with Gasteiger partial charge in [-0.15, -0.1) is 0 Å². The average molecular weight is 278 g/mol. The molecule has 0 N–H and O–H groups in total. The van der Waals surface area contributed by atoms with Crippen LogP contribution in [0.5, 0.6) is 11.5 Å². The van der Waals surface area contributed by atoms with Crippen molar-refractivity contribution in [3.63, 3.8) is 0 Å². The highest BCUT2D eigenvalue weighted by Gasteiger charge is 2.15. The molecule has 0 aliphatic heterocycles. The third-order valence-electron chi connectivity index (χ3n) is 3.36. The lowest BCUT2D eigenvalue weighted by Crippen LogP contribution is -2.39. The molecule has 0 amide bonds. The maximum Gasteiger partial charge on any atom is 0.331 e. The first-order valence-corrected chi connectivity index (χ1v) is 6.48. The number of fused-ring (bicyclic) bond motifs is 1. The van der Waals surface area contributed by atoms with E-state index < -0.39 is 0 Å². The third-order valence-corrected chi connectivity index (χ3v) is 3.36. The van der Waals surface area contributed by atoms with Gasteiger partial charge in [0.25, 0.3) is 5.56 Å². The van der Waals surface area contributed by atoms with Crippen LogP contribution in [0, 0.1) is 0 Å². The summed E-state index contributed by atoms with van der Waals surface area (Å²) >= 11 is 0. The van der Waals surface area contributed by atoms with E-state index in [4.69, 9.17) is 9.47 Å². The highest BCUT2D eigenvalue weighted by molar-refractivity contribution is 5.82. The first-order valence-electron chi connectivity index (χ1n) is 6.48. The van der Waals surface area contributed by atoms with Crippen molar-refractivity contribution in [2.24, 2.45) is 0 Å². The summed E-state index contributed by atoms with van der Waals surface area (Å²) in [6.45, 7) is 4.45. The van der Waals surface area contributed by atoms with Crippen LogP contribution in [-0.2, 0) is 13.1 Å². The fourth-order valence-electron chi connectivity index (χ4n) is 2.33. The molecule has 108 valence electrons. The van der Waals surface area contributed by atoms with Gasteiger partial charge >= 0.3 is 5.69 Å². The Labute approximate surface area is 116 Å². The van der Waals surface area contributed by atoms with Gasteiger partial charge in [0.2, 0.25) is 0 Å². The molecule has 0 radical (unpaired) electrons. The normalized spacial score (nSPS) is 10.8. The van der Waals surface area contributed by atoms with E-state index in [1.807, 2.05) is 6.92 Å². The van der Waals surface area contributed by atoms with Crippen LogP contribution in [-0.4, -0.2) is 23.4 Å². The zero-order valence-electron chi connectivity index (χ0n) is 12.1. The van der Waals surface area contributed by atoms with E-state index in [0.717, 1.165) is 0 Å². The Morgan fingerprint density at radius 2 is 1.50 bits per heavy atom. The number of nitrogens with zero attached hydrogens (tertiary/aromatic N) is 2. The minimum absolute atomic E-state index is 0.306. The number of hydrogen-bond donors (Lipinski definition) is 0. The SMILES string of the molecule is CCn1c(=O)c2cc(OC)c(OC)cc2n(CC)c1=O. The molecule has 6 nitrogen and oxygen atoms in total. The Morgan fingerprint density at radius 3 is 2.00 bits per heavy atom. The molecule has 1 aromatic heterocycles. The highest BCUT2D eigenvalue weighted by atomic mass is 16.5. The third kappa shape index (κ3) is 1.97. The van der Waals surface area contributed by atoms with Gasteiger partial charge < -0.3 is 9.47 Å². The van der Waals surface area contributed by atoms with Crippen molar-refractivity contribution < 1.29 is 9.47 Å². The van der Waals surface area contributed by atoms with Crippen LogP contribution in [0.15, 0.2) is 21.7 Å². The van der Waals surface area contributed by atoms with Crippen LogP contribution in [0.4, 0.5) is 0 Å². The van der Waals surface area contributed by atoms with Crippen molar-refractivity contribution in [3.05, 3.63) is 33.0 Å². The molecule has 6 heteroatoms. The fraction of sp³-hybridized carbons (Fsp3) is 0.429. The van der Waals surface area contributed by atoms with E-state index >= 15 is 0 Å². The second-order valence-corrected chi connectivity index (χ2v) is 4.30. The Morgan fingerprint density at radius 1 is 0.950 bits per heavy atom. The van der Waals surface area contributed by atoms with Crippen LogP contribution >= 0.6 is 0 Å². The van der Waals surface area contributed by atoms with Crippen molar-refractivity contribution in [1.29, 1.82) is 0 Å². The maximum atomic E-state index is 12.4. The number of benzene rings is 1. The number of rotatable bonds is 4. The summed E-state index contributed by atoms with van der Waals surface area (Å²) in [5, 5.41) is 0.450. The van der Waals surface area contributed by atoms with E-state index in [0.29, 0.717) is 35.5 Å². The molecule has 0 unspecified atom stereocenters. The topological polar surface area (TPSA) is 62.5 Å². The van der Waals surface area contributed by atoms with Gasteiger partial charge in [-0.3, -0.25) is 13.9 Å². The summed E-state index contributed by atoms with van der Waals surface area (Å²) in [4.78, 5) is 24.6. The lowest BCUT2D eigenvalue weighted by Gasteiger charge is -2.14. The summed E-state index contributed by atoms with van der Waals surface area (Å²) in [7, 11) is 3.03. The molecule has 2 rings (SSSR count). The summed E-state index contributed by atoms with van der Waals surface area (Å²) in [6, 6.07) is 3.29. The predicted molar refractivity (Wildman–Crippen MR) is 76.9 cm³/mol. The average Bonchev–Trinajstić information content (AvgIpc) is 2.47. The lowest BCUT2D eigenvalue weighted by atomic mass is 10.2. The van der Waals surface area contributed by atoms with E-state index in [1.165, 1.54) is 18.8 Å². The molecule has 2 aromatic rings. The molecular weight excluding hydrogens is 260 g/mol. The Balaban J connectivity index is 3.02. The van der Waals surface area contributed by atoms with Crippen molar-refractivity contribution in [1.82, 2.24) is 9.13 Å². The molecule has 1 heterocycles. The highest BCUT2D eigenvalue weighted by Crippen LogP contribution is 2.30. The van der Waals surface area contributed by atoms with Gasteiger partial charge in [0.05, 0.1) is 25.1 Å². The smallest absolute Gasteiger partial charge is 0.331 e. The quantitative estimate of drug-likeness (QED) is 0.843. The Kier molecular flexibility index (Phi) is 3.83. The molecule has 0 fully saturated rings. The maximum absolute atomic E-state index is 12.4. The molecule has 0 spiro atoms. The molecular formula is C14H18N2O4. The number of ether oxygens (including phenoxy) is 2. The monoisotopic (exact) mass is 278 g/mol. The van der Waals surface area contributed by atoms with Crippen molar-refractivity contribution in [2.45, 2.75) is 26.9 Å². The van der Waals surface area contributed by atoms with Crippen molar-refractivity contribution in [2.75, 3.05) is 14.2 Å². The van der Waals surface area contributed by atoms with Gasteiger partial charge in [-0.25, -0.2) is 4.79 Å². The van der Waals surface area contributed by atoms with Gasteiger partial charge in [-0.05, 0) is 19.9 Å². The minimum Gasteiger partial charge on any atom is -0.493 e. The van der Waals surface area contributed by atoms with Crippen molar-refractivity contribution >= 4 is 10.9 Å². The fourth-order valence-corrected chi connectivity index (χ4v) is 2.33. The standard InChI is InChI=1S/C14H18N2O4/c1-5-15-10-8-12(20-4)11(19-3)7-9(10)13(17)16(6-2)14(15)18/h7-8H,5-6H2,1-4H3. The number of aromatic nitrogens is 2. The van der Waals surface area contributed by atoms with Crippen LogP contribution in [0.1, 0.15) is 13.8 Å². The molecule has 0 bridgehead atoms. The number of hydrogen-bond acceptors (Lipinski definition) is 4. The second-order valence-electron chi connectivity index (χ2n) is 4.30. The zero-order valence-corrected chi connectivity index (χ0v) is 12.1. The summed E-state index contributed by atoms with van der Waals surface area (Å²) in [5.74, 6) is 0.969. The van der Waals surface area contributed by atoms with Crippen LogP contribution in [0.25, 0.3) is 10.9 Å². The minimum atomic E-state index is -0.307. The van der Waals surface area contributed by atoms with Gasteiger partial charge in [0.1, 0.15) is 0 Å². The van der Waals surface area contributed by atoms with E-state index in [1.54, 1.807) is 23.6 Å². The van der Waals surface area contributed by atoms with Gasteiger partial charge in [0, 0.05) is 19.2 Å². The molecule has 0 aliphatic rings. The molecule has 0 aliphatic carbocycles. The van der Waals surface area contributed by atoms with E-state index in [9.17, 15) is 9.59 Å². The van der Waals surface area contributed by atoms with Gasteiger partial charge in [0.15, 0.2) is 11.5 Å². The first-order chi connectivity index (χ1) is 9.58. The van der Waals surface area contributed by atoms with E-state index in [-0.39, 0.29) is 11.2 Å². The molecule has 0 saturated carbocycles. The van der Waals surface area contributed by atoms with Crippen LogP contribution in [0.2, 0.25) is 0 Å². The largest absolute Gasteiger partial charge is 0.493 e. The van der Waals surface area contributed by atoms with Crippen molar-refractivity contribution in [3.8, 4) is 11.5 Å². The predicted octanol–water partition coefficient (Wildman–Crippen LogP) is 1.22. The molecule has 20 heavy (non-hydrogen) atoms. The lowest BCUT2D eigenvalue weighted by molar-refractivity contribution is 0.355. The first kappa shape index (κ1) is 14.2. The Hall–Kier alpha value is -2.24. The van der Waals surface area contributed by atoms with Gasteiger partial charge in [-0.1, -0.05) is 0 Å². The Bertz CT molecular complexity index is 758. The zero-order chi connectivity index (χ0) is 14.9. The molecule has 1 aromatic carbocycles. The summed E-state index contributed by atoms with van der Waals surface area (Å²) < 4.78 is 13.2. The van der Waals surface area contributed by atoms with E-state index in [2.05, 4.69) is 0 Å². The number of methoxy groups -OCH3 is 2. The molecule has 0 atom stereocenters. The van der Waals surface area contributed by atoms with Crippen LogP contribution < -0.4 is 20.7 Å². The summed E-state index contributed by atoms with van der Waals surface area (Å²) in [5.41, 5.74) is -0.0530. The second kappa shape index (κ2) is 5.40. The molecule has 0 saturated heterocycles.